The quantitative estimate of drug-likeness (QED) is 0.587. The number of nitrogens with zero attached hydrogens (tertiary/aromatic N) is 3. The summed E-state index contributed by atoms with van der Waals surface area (Å²) >= 11 is 8.76. The molecular formula is C16H21BrN4O2S. The second-order valence-corrected chi connectivity index (χ2v) is 7.37. The molecule has 1 heterocycles. The standard InChI is InChI=1S/C16H21BrN4O2S/c1-6-23-12-8-10(7-11(17)13(12)22-5)9-18-21-14(16(2,3)4)19-20-15(21)24/h7-9H,6H2,1-5H3,(H,20,24)/b18-9-. The summed E-state index contributed by atoms with van der Waals surface area (Å²) in [6.45, 7) is 8.64. The number of benzene rings is 1. The van der Waals surface area contributed by atoms with Gasteiger partial charge in [0.15, 0.2) is 17.3 Å². The number of ether oxygens (including phenoxy) is 2. The van der Waals surface area contributed by atoms with Gasteiger partial charge in [-0.2, -0.15) is 14.9 Å². The Kier molecular flexibility index (Phi) is 5.82. The molecule has 24 heavy (non-hydrogen) atoms. The fourth-order valence-corrected chi connectivity index (χ4v) is 2.93. The molecule has 1 aromatic carbocycles. The Morgan fingerprint density at radius 3 is 2.71 bits per heavy atom. The third kappa shape index (κ3) is 4.05. The molecular weight excluding hydrogens is 392 g/mol. The Bertz CT molecular complexity index is 805. The molecule has 0 saturated heterocycles. The smallest absolute Gasteiger partial charge is 0.216 e. The van der Waals surface area contributed by atoms with Gasteiger partial charge in [-0.3, -0.25) is 5.10 Å². The Balaban J connectivity index is 2.44. The molecule has 130 valence electrons. The molecule has 8 heteroatoms. The van der Waals surface area contributed by atoms with Crippen molar-refractivity contribution < 1.29 is 9.47 Å². The fourth-order valence-electron chi connectivity index (χ4n) is 2.13. The second-order valence-electron chi connectivity index (χ2n) is 6.13. The van der Waals surface area contributed by atoms with Gasteiger partial charge in [-0.15, -0.1) is 0 Å². The molecule has 2 rings (SSSR count). The first-order valence-electron chi connectivity index (χ1n) is 7.50. The van der Waals surface area contributed by atoms with E-state index < -0.39 is 0 Å². The normalized spacial score (nSPS) is 11.9. The molecule has 1 aromatic heterocycles. The number of rotatable bonds is 5. The molecule has 0 aliphatic carbocycles. The molecule has 0 amide bonds. The molecule has 6 nitrogen and oxygen atoms in total. The van der Waals surface area contributed by atoms with Gasteiger partial charge in [-0.1, -0.05) is 20.8 Å². The van der Waals surface area contributed by atoms with Crippen molar-refractivity contribution in [1.82, 2.24) is 14.9 Å². The fraction of sp³-hybridized carbons (Fsp3) is 0.438. The predicted molar refractivity (Wildman–Crippen MR) is 101 cm³/mol. The zero-order chi connectivity index (χ0) is 17.9. The maximum atomic E-state index is 5.63. The van der Waals surface area contributed by atoms with Crippen LogP contribution in [0.4, 0.5) is 0 Å². The minimum atomic E-state index is -0.179. The number of hydrogen-bond acceptors (Lipinski definition) is 5. The lowest BCUT2D eigenvalue weighted by molar-refractivity contribution is 0.310. The van der Waals surface area contributed by atoms with E-state index in [1.165, 1.54) is 0 Å². The van der Waals surface area contributed by atoms with Crippen molar-refractivity contribution in [3.05, 3.63) is 32.8 Å². The lowest BCUT2D eigenvalue weighted by Gasteiger charge is -2.16. The SMILES string of the molecule is CCOc1cc(/C=N\n2c(C(C)(C)C)n[nH]c2=S)cc(Br)c1OC. The number of halogens is 1. The number of H-pyrrole nitrogens is 1. The predicted octanol–water partition coefficient (Wildman–Crippen LogP) is 4.29. The van der Waals surface area contributed by atoms with Crippen LogP contribution in [0.2, 0.25) is 0 Å². The van der Waals surface area contributed by atoms with E-state index in [1.807, 2.05) is 19.1 Å². The van der Waals surface area contributed by atoms with Crippen molar-refractivity contribution in [2.24, 2.45) is 5.10 Å². The van der Waals surface area contributed by atoms with Gasteiger partial charge >= 0.3 is 0 Å². The second kappa shape index (κ2) is 7.48. The molecule has 0 radical (unpaired) electrons. The molecule has 1 N–H and O–H groups in total. The summed E-state index contributed by atoms with van der Waals surface area (Å²) in [5, 5.41) is 11.5. The van der Waals surface area contributed by atoms with Crippen LogP contribution in [0.3, 0.4) is 0 Å². The van der Waals surface area contributed by atoms with Gasteiger partial charge in [0.1, 0.15) is 0 Å². The Hall–Kier alpha value is -1.67. The summed E-state index contributed by atoms with van der Waals surface area (Å²) in [6.07, 6.45) is 1.72. The first-order valence-corrected chi connectivity index (χ1v) is 8.70. The first kappa shape index (κ1) is 18.7. The van der Waals surface area contributed by atoms with E-state index >= 15 is 0 Å². The largest absolute Gasteiger partial charge is 0.492 e. The molecule has 2 aromatic rings. The number of nitrogens with one attached hydrogen (secondary N) is 1. The van der Waals surface area contributed by atoms with Crippen LogP contribution in [0, 0.1) is 4.77 Å². The van der Waals surface area contributed by atoms with Gasteiger partial charge in [-0.05, 0) is 52.8 Å². The summed E-state index contributed by atoms with van der Waals surface area (Å²) in [4.78, 5) is 0. The van der Waals surface area contributed by atoms with Gasteiger partial charge in [0, 0.05) is 5.41 Å². The van der Waals surface area contributed by atoms with E-state index in [0.717, 1.165) is 15.9 Å². The van der Waals surface area contributed by atoms with E-state index in [9.17, 15) is 0 Å². The molecule has 0 atom stereocenters. The zero-order valence-electron chi connectivity index (χ0n) is 14.4. The molecule has 0 saturated carbocycles. The maximum Gasteiger partial charge on any atom is 0.216 e. The molecule has 0 aliphatic heterocycles. The third-order valence-corrected chi connectivity index (χ3v) is 4.03. The van der Waals surface area contributed by atoms with Crippen LogP contribution in [-0.2, 0) is 5.41 Å². The minimum Gasteiger partial charge on any atom is -0.492 e. The highest BCUT2D eigenvalue weighted by atomic mass is 79.9. The van der Waals surface area contributed by atoms with Crippen molar-refractivity contribution in [3.63, 3.8) is 0 Å². The molecule has 0 bridgehead atoms. The van der Waals surface area contributed by atoms with E-state index in [-0.39, 0.29) is 5.41 Å². The minimum absolute atomic E-state index is 0.179. The van der Waals surface area contributed by atoms with Crippen molar-refractivity contribution in [1.29, 1.82) is 0 Å². The number of hydrogen-bond donors (Lipinski definition) is 1. The topological polar surface area (TPSA) is 64.4 Å². The summed E-state index contributed by atoms with van der Waals surface area (Å²) in [7, 11) is 1.61. The number of aromatic amines is 1. The van der Waals surface area contributed by atoms with Crippen molar-refractivity contribution in [3.8, 4) is 11.5 Å². The highest BCUT2D eigenvalue weighted by Crippen LogP contribution is 2.36. The maximum absolute atomic E-state index is 5.63. The van der Waals surface area contributed by atoms with Crippen LogP contribution in [0.5, 0.6) is 11.5 Å². The van der Waals surface area contributed by atoms with Crippen LogP contribution < -0.4 is 9.47 Å². The van der Waals surface area contributed by atoms with Gasteiger partial charge in [0.05, 0.1) is 24.4 Å². The van der Waals surface area contributed by atoms with Crippen LogP contribution >= 0.6 is 28.1 Å². The van der Waals surface area contributed by atoms with Crippen LogP contribution in [-0.4, -0.2) is 34.8 Å². The summed E-state index contributed by atoms with van der Waals surface area (Å²) in [6, 6.07) is 3.78. The molecule has 0 spiro atoms. The van der Waals surface area contributed by atoms with Gasteiger partial charge in [0.25, 0.3) is 0 Å². The van der Waals surface area contributed by atoms with Gasteiger partial charge in [0.2, 0.25) is 4.77 Å². The van der Waals surface area contributed by atoms with Crippen LogP contribution in [0.15, 0.2) is 21.7 Å². The van der Waals surface area contributed by atoms with Gasteiger partial charge in [-0.25, -0.2) is 0 Å². The average molecular weight is 413 g/mol. The van der Waals surface area contributed by atoms with E-state index in [2.05, 4.69) is 52.0 Å². The van der Waals surface area contributed by atoms with Crippen LogP contribution in [0.1, 0.15) is 39.1 Å². The highest BCUT2D eigenvalue weighted by Gasteiger charge is 2.21. The monoisotopic (exact) mass is 412 g/mol. The average Bonchev–Trinajstić information content (AvgIpc) is 2.86. The van der Waals surface area contributed by atoms with Crippen molar-refractivity contribution >= 4 is 34.4 Å². The van der Waals surface area contributed by atoms with E-state index in [4.69, 9.17) is 21.7 Å². The molecule has 0 fully saturated rings. The zero-order valence-corrected chi connectivity index (χ0v) is 16.8. The third-order valence-electron chi connectivity index (χ3n) is 3.18. The number of aromatic nitrogens is 3. The van der Waals surface area contributed by atoms with Gasteiger partial charge < -0.3 is 9.47 Å². The van der Waals surface area contributed by atoms with E-state index in [0.29, 0.717) is 22.9 Å². The first-order chi connectivity index (χ1) is 11.3. The summed E-state index contributed by atoms with van der Waals surface area (Å²) < 4.78 is 13.9. The Morgan fingerprint density at radius 2 is 2.12 bits per heavy atom. The summed E-state index contributed by atoms with van der Waals surface area (Å²) in [5.74, 6) is 2.08. The summed E-state index contributed by atoms with van der Waals surface area (Å²) in [5.41, 5.74) is 0.677. The van der Waals surface area contributed by atoms with Crippen molar-refractivity contribution in [2.75, 3.05) is 13.7 Å². The Labute approximate surface area is 155 Å². The molecule has 0 aliphatic rings. The van der Waals surface area contributed by atoms with E-state index in [1.54, 1.807) is 18.0 Å². The van der Waals surface area contributed by atoms with Crippen LogP contribution in [0.25, 0.3) is 0 Å². The lowest BCUT2D eigenvalue weighted by atomic mass is 9.96. The highest BCUT2D eigenvalue weighted by molar-refractivity contribution is 9.10. The molecule has 0 unspecified atom stereocenters. The number of methoxy groups -OCH3 is 1. The Morgan fingerprint density at radius 1 is 1.42 bits per heavy atom. The van der Waals surface area contributed by atoms with Crippen molar-refractivity contribution in [2.45, 2.75) is 33.1 Å². The lowest BCUT2D eigenvalue weighted by Crippen LogP contribution is -2.17.